The summed E-state index contributed by atoms with van der Waals surface area (Å²) in [5, 5.41) is 7.92. The monoisotopic (exact) mass is 218 g/mol. The molecule has 5 nitrogen and oxygen atoms in total. The first-order chi connectivity index (χ1) is 7.83. The zero-order valence-corrected chi connectivity index (χ0v) is 9.13. The fraction of sp³-hybridized carbons (Fsp3) is 0.273. The average molecular weight is 218 g/mol. The maximum absolute atomic E-state index is 5.48. The van der Waals surface area contributed by atoms with Gasteiger partial charge in [0.2, 0.25) is 0 Å². The molecule has 2 aromatic rings. The number of hydrogen-bond acceptors (Lipinski definition) is 4. The van der Waals surface area contributed by atoms with Crippen molar-refractivity contribution in [2.24, 2.45) is 5.73 Å². The van der Waals surface area contributed by atoms with Crippen molar-refractivity contribution in [1.82, 2.24) is 15.0 Å². The molecule has 1 heterocycles. The van der Waals surface area contributed by atoms with Gasteiger partial charge in [0.25, 0.3) is 0 Å². The molecule has 0 bridgehead atoms. The average Bonchev–Trinajstić information content (AvgIpc) is 2.78. The molecule has 0 saturated carbocycles. The van der Waals surface area contributed by atoms with Gasteiger partial charge in [-0.25, -0.2) is 4.68 Å². The first kappa shape index (κ1) is 10.6. The number of nitrogens with zero attached hydrogens (tertiary/aromatic N) is 3. The van der Waals surface area contributed by atoms with Gasteiger partial charge in [-0.15, -0.1) is 5.10 Å². The number of rotatable bonds is 4. The van der Waals surface area contributed by atoms with E-state index in [-0.39, 0.29) is 0 Å². The zero-order chi connectivity index (χ0) is 11.4. The third-order valence-corrected chi connectivity index (χ3v) is 2.14. The van der Waals surface area contributed by atoms with E-state index in [1.54, 1.807) is 4.68 Å². The lowest BCUT2D eigenvalue weighted by atomic mass is 10.3. The molecule has 0 unspecified atom stereocenters. The molecule has 0 amide bonds. The van der Waals surface area contributed by atoms with Crippen LogP contribution in [0.15, 0.2) is 30.5 Å². The summed E-state index contributed by atoms with van der Waals surface area (Å²) in [6.07, 6.45) is 1.81. The van der Waals surface area contributed by atoms with Crippen LogP contribution in [-0.4, -0.2) is 21.6 Å². The number of benzene rings is 1. The highest BCUT2D eigenvalue weighted by Crippen LogP contribution is 2.16. The van der Waals surface area contributed by atoms with Crippen LogP contribution in [0.25, 0.3) is 5.69 Å². The molecule has 16 heavy (non-hydrogen) atoms. The number of nitrogens with two attached hydrogens (primary N) is 1. The third-order valence-electron chi connectivity index (χ3n) is 2.14. The van der Waals surface area contributed by atoms with E-state index in [9.17, 15) is 0 Å². The number of aromatic nitrogens is 3. The van der Waals surface area contributed by atoms with Crippen LogP contribution in [0, 0.1) is 0 Å². The van der Waals surface area contributed by atoms with E-state index in [2.05, 4.69) is 10.3 Å². The molecule has 2 rings (SSSR count). The van der Waals surface area contributed by atoms with Crippen molar-refractivity contribution in [1.29, 1.82) is 0 Å². The molecular formula is C11H14N4O. The molecule has 1 aromatic carbocycles. The van der Waals surface area contributed by atoms with Gasteiger partial charge in [0.05, 0.1) is 24.2 Å². The Morgan fingerprint density at radius 1 is 1.44 bits per heavy atom. The molecule has 84 valence electrons. The molecule has 0 aliphatic rings. The topological polar surface area (TPSA) is 66.0 Å². The van der Waals surface area contributed by atoms with Crippen LogP contribution in [0.3, 0.4) is 0 Å². The second-order valence-corrected chi connectivity index (χ2v) is 3.29. The summed E-state index contributed by atoms with van der Waals surface area (Å²) < 4.78 is 7.10. The maximum Gasteiger partial charge on any atom is 0.121 e. The van der Waals surface area contributed by atoms with Crippen molar-refractivity contribution in [3.8, 4) is 11.4 Å². The Labute approximate surface area is 93.8 Å². The molecule has 0 aliphatic heterocycles. The minimum absolute atomic E-state index is 0.394. The highest BCUT2D eigenvalue weighted by molar-refractivity contribution is 5.38. The van der Waals surface area contributed by atoms with Gasteiger partial charge in [0, 0.05) is 12.6 Å². The van der Waals surface area contributed by atoms with Crippen molar-refractivity contribution in [3.05, 3.63) is 36.2 Å². The lowest BCUT2D eigenvalue weighted by molar-refractivity contribution is 0.340. The van der Waals surface area contributed by atoms with E-state index >= 15 is 0 Å². The van der Waals surface area contributed by atoms with Gasteiger partial charge in [-0.05, 0) is 19.1 Å². The van der Waals surface area contributed by atoms with Crippen LogP contribution in [0.5, 0.6) is 5.75 Å². The van der Waals surface area contributed by atoms with E-state index in [1.165, 1.54) is 0 Å². The summed E-state index contributed by atoms with van der Waals surface area (Å²) >= 11 is 0. The Morgan fingerprint density at radius 2 is 2.31 bits per heavy atom. The fourth-order valence-electron chi connectivity index (χ4n) is 1.40. The molecule has 2 N–H and O–H groups in total. The Balaban J connectivity index is 2.28. The Bertz CT molecular complexity index is 467. The van der Waals surface area contributed by atoms with Crippen LogP contribution in [0.4, 0.5) is 0 Å². The van der Waals surface area contributed by atoms with E-state index in [0.29, 0.717) is 13.2 Å². The van der Waals surface area contributed by atoms with Crippen LogP contribution >= 0.6 is 0 Å². The summed E-state index contributed by atoms with van der Waals surface area (Å²) in [6.45, 7) is 2.99. The molecule has 0 radical (unpaired) electrons. The molecule has 5 heteroatoms. The SMILES string of the molecule is CCOc1cccc(-n2cc(CN)nn2)c1. The van der Waals surface area contributed by atoms with E-state index in [0.717, 1.165) is 17.1 Å². The summed E-state index contributed by atoms with van der Waals surface area (Å²) in [4.78, 5) is 0. The lowest BCUT2D eigenvalue weighted by Gasteiger charge is -2.05. The predicted octanol–water partition coefficient (Wildman–Crippen LogP) is 1.12. The molecule has 0 atom stereocenters. The Kier molecular flexibility index (Phi) is 3.16. The van der Waals surface area contributed by atoms with Gasteiger partial charge < -0.3 is 10.5 Å². The molecule has 0 saturated heterocycles. The third kappa shape index (κ3) is 2.20. The largest absolute Gasteiger partial charge is 0.494 e. The first-order valence-electron chi connectivity index (χ1n) is 5.18. The number of hydrogen-bond donors (Lipinski definition) is 1. The number of ether oxygens (including phenoxy) is 1. The second-order valence-electron chi connectivity index (χ2n) is 3.29. The van der Waals surface area contributed by atoms with Crippen molar-refractivity contribution >= 4 is 0 Å². The highest BCUT2D eigenvalue weighted by Gasteiger charge is 2.02. The highest BCUT2D eigenvalue weighted by atomic mass is 16.5. The van der Waals surface area contributed by atoms with Crippen molar-refractivity contribution in [3.63, 3.8) is 0 Å². The van der Waals surface area contributed by atoms with Gasteiger partial charge in [-0.2, -0.15) is 0 Å². The fourth-order valence-corrected chi connectivity index (χ4v) is 1.40. The smallest absolute Gasteiger partial charge is 0.121 e. The van der Waals surface area contributed by atoms with Gasteiger partial charge in [0.1, 0.15) is 5.75 Å². The first-order valence-corrected chi connectivity index (χ1v) is 5.18. The summed E-state index contributed by atoms with van der Waals surface area (Å²) in [7, 11) is 0. The molecule has 0 fully saturated rings. The Morgan fingerprint density at radius 3 is 3.00 bits per heavy atom. The minimum Gasteiger partial charge on any atom is -0.494 e. The van der Waals surface area contributed by atoms with Crippen LogP contribution < -0.4 is 10.5 Å². The molecular weight excluding hydrogens is 204 g/mol. The summed E-state index contributed by atoms with van der Waals surface area (Å²) in [5.74, 6) is 0.824. The summed E-state index contributed by atoms with van der Waals surface area (Å²) in [6, 6.07) is 7.69. The van der Waals surface area contributed by atoms with Crippen molar-refractivity contribution in [2.75, 3.05) is 6.61 Å². The minimum atomic E-state index is 0.394. The zero-order valence-electron chi connectivity index (χ0n) is 9.13. The maximum atomic E-state index is 5.48. The van der Waals surface area contributed by atoms with Crippen molar-refractivity contribution in [2.45, 2.75) is 13.5 Å². The standard InChI is InChI=1S/C11H14N4O/c1-2-16-11-5-3-4-10(6-11)15-8-9(7-12)13-14-15/h3-6,8H,2,7,12H2,1H3. The van der Waals surface area contributed by atoms with Crippen LogP contribution in [0.2, 0.25) is 0 Å². The van der Waals surface area contributed by atoms with Gasteiger partial charge in [0.15, 0.2) is 0 Å². The quantitative estimate of drug-likeness (QED) is 0.835. The van der Waals surface area contributed by atoms with Gasteiger partial charge in [-0.1, -0.05) is 11.3 Å². The van der Waals surface area contributed by atoms with Crippen molar-refractivity contribution < 1.29 is 4.74 Å². The molecule has 1 aromatic heterocycles. The predicted molar refractivity (Wildman–Crippen MR) is 60.4 cm³/mol. The summed E-state index contributed by atoms with van der Waals surface area (Å²) in [5.41, 5.74) is 7.16. The van der Waals surface area contributed by atoms with Gasteiger partial charge in [-0.3, -0.25) is 0 Å². The van der Waals surface area contributed by atoms with E-state index < -0.39 is 0 Å². The molecule has 0 aliphatic carbocycles. The lowest BCUT2D eigenvalue weighted by Crippen LogP contribution is -1.97. The van der Waals surface area contributed by atoms with E-state index in [1.807, 2.05) is 37.4 Å². The van der Waals surface area contributed by atoms with Crippen LogP contribution in [0.1, 0.15) is 12.6 Å². The second kappa shape index (κ2) is 4.76. The molecule has 0 spiro atoms. The Hall–Kier alpha value is -1.88. The van der Waals surface area contributed by atoms with E-state index in [4.69, 9.17) is 10.5 Å². The normalized spacial score (nSPS) is 10.4. The van der Waals surface area contributed by atoms with Gasteiger partial charge >= 0.3 is 0 Å². The van der Waals surface area contributed by atoms with Crippen LogP contribution in [-0.2, 0) is 6.54 Å².